The van der Waals surface area contributed by atoms with E-state index in [1.54, 1.807) is 39.8 Å². The highest BCUT2D eigenvalue weighted by molar-refractivity contribution is 7.86. The van der Waals surface area contributed by atoms with Crippen LogP contribution in [0.25, 0.3) is 11.1 Å². The van der Waals surface area contributed by atoms with E-state index in [0.29, 0.717) is 11.1 Å². The van der Waals surface area contributed by atoms with Crippen LogP contribution in [0, 0.1) is 12.7 Å². The lowest BCUT2D eigenvalue weighted by molar-refractivity contribution is -0.126. The van der Waals surface area contributed by atoms with Crippen LogP contribution in [0.1, 0.15) is 51.1 Å². The van der Waals surface area contributed by atoms with E-state index in [-0.39, 0.29) is 29.2 Å². The number of nitrogens with one attached hydrogen (secondary N) is 1. The summed E-state index contributed by atoms with van der Waals surface area (Å²) in [5.74, 6) is -1.20. The maximum absolute atomic E-state index is 14.7. The third-order valence-electron chi connectivity index (χ3n) is 6.89. The molecule has 3 atom stereocenters. The minimum atomic E-state index is -4.21. The zero-order valence-corrected chi connectivity index (χ0v) is 25.3. The first-order valence-electron chi connectivity index (χ1n) is 13.6. The van der Waals surface area contributed by atoms with E-state index in [1.165, 1.54) is 42.7 Å². The molecule has 43 heavy (non-hydrogen) atoms. The monoisotopic (exact) mass is 616 g/mol. The Hall–Kier alpha value is -3.97. The number of carbonyl (C=O) groups excluding carboxylic acids is 2. The molecule has 1 N–H and O–H groups in total. The SMILES string of the molecule is Cc1ccc(S(=O)(=O)O[C@H]2C[C@@H](C(=O)NCc3cc(-c4cnc(CF)nc4)ccc3F)N(C(=O)OC(C)(C)C)[C@H]2C)cc1. The molecule has 1 saturated heterocycles. The van der Waals surface area contributed by atoms with E-state index in [9.17, 15) is 26.8 Å². The molecule has 0 unspecified atom stereocenters. The second-order valence-corrected chi connectivity index (χ2v) is 12.9. The van der Waals surface area contributed by atoms with Gasteiger partial charge in [0.15, 0.2) is 5.82 Å². The number of halogens is 2. The van der Waals surface area contributed by atoms with Crippen molar-refractivity contribution in [2.45, 2.75) is 82.9 Å². The predicted octanol–water partition coefficient (Wildman–Crippen LogP) is 4.85. The number of rotatable bonds is 8. The van der Waals surface area contributed by atoms with Gasteiger partial charge in [-0.3, -0.25) is 13.9 Å². The van der Waals surface area contributed by atoms with E-state index < -0.39 is 58.4 Å². The fourth-order valence-electron chi connectivity index (χ4n) is 4.64. The summed E-state index contributed by atoms with van der Waals surface area (Å²) in [6, 6.07) is 8.35. The zero-order valence-electron chi connectivity index (χ0n) is 24.5. The zero-order chi connectivity index (χ0) is 31.5. The number of nitrogens with zero attached hydrogens (tertiary/aromatic N) is 3. The van der Waals surface area contributed by atoms with Gasteiger partial charge in [-0.2, -0.15) is 8.42 Å². The molecule has 2 aromatic carbocycles. The van der Waals surface area contributed by atoms with Crippen LogP contribution < -0.4 is 5.32 Å². The van der Waals surface area contributed by atoms with Gasteiger partial charge in [0.05, 0.1) is 10.9 Å². The van der Waals surface area contributed by atoms with Crippen molar-refractivity contribution < 1.29 is 35.7 Å². The molecule has 230 valence electrons. The van der Waals surface area contributed by atoms with Gasteiger partial charge in [-0.05, 0) is 64.4 Å². The molecule has 4 rings (SSSR count). The third-order valence-corrected chi connectivity index (χ3v) is 8.24. The standard InChI is InChI=1S/C30H34F2N4O6S/c1-18-6-9-23(10-7-18)43(39,40)42-26-13-25(36(19(26)2)29(38)41-30(3,4)5)28(37)35-15-21-12-20(8-11-24(21)32)22-16-33-27(14-31)34-17-22/h6-12,16-17,19,25-26H,13-15H2,1-5H3,(H,35,37)/t19-,25-,26-/m0/s1. The van der Waals surface area contributed by atoms with E-state index in [4.69, 9.17) is 8.92 Å². The molecule has 0 saturated carbocycles. The maximum atomic E-state index is 14.7. The van der Waals surface area contributed by atoms with Gasteiger partial charge in [-0.25, -0.2) is 23.5 Å². The Morgan fingerprint density at radius 2 is 1.72 bits per heavy atom. The van der Waals surface area contributed by atoms with Crippen molar-refractivity contribution in [2.24, 2.45) is 0 Å². The highest BCUT2D eigenvalue weighted by Gasteiger charge is 2.48. The highest BCUT2D eigenvalue weighted by atomic mass is 32.2. The number of benzene rings is 2. The number of hydrogen-bond acceptors (Lipinski definition) is 8. The van der Waals surface area contributed by atoms with Gasteiger partial charge in [-0.1, -0.05) is 23.8 Å². The van der Waals surface area contributed by atoms with E-state index in [1.807, 2.05) is 6.92 Å². The van der Waals surface area contributed by atoms with Crippen molar-refractivity contribution in [1.29, 1.82) is 0 Å². The predicted molar refractivity (Wildman–Crippen MR) is 153 cm³/mol. The van der Waals surface area contributed by atoms with Gasteiger partial charge in [0.2, 0.25) is 5.91 Å². The lowest BCUT2D eigenvalue weighted by Crippen LogP contribution is -2.50. The molecule has 2 heterocycles. The van der Waals surface area contributed by atoms with Crippen molar-refractivity contribution in [3.63, 3.8) is 0 Å². The van der Waals surface area contributed by atoms with Gasteiger partial charge < -0.3 is 10.1 Å². The van der Waals surface area contributed by atoms with Crippen molar-refractivity contribution in [3.05, 3.63) is 77.6 Å². The van der Waals surface area contributed by atoms with Gasteiger partial charge in [0.1, 0.15) is 30.2 Å². The van der Waals surface area contributed by atoms with Crippen LogP contribution in [-0.2, 0) is 37.1 Å². The fourth-order valence-corrected chi connectivity index (χ4v) is 5.79. The van der Waals surface area contributed by atoms with Crippen LogP contribution in [0.3, 0.4) is 0 Å². The van der Waals surface area contributed by atoms with Gasteiger partial charge in [-0.15, -0.1) is 0 Å². The summed E-state index contributed by atoms with van der Waals surface area (Å²) in [5.41, 5.74) is 1.20. The Balaban J connectivity index is 1.54. The molecule has 0 bridgehead atoms. The smallest absolute Gasteiger partial charge is 0.411 e. The molecular weight excluding hydrogens is 582 g/mol. The minimum Gasteiger partial charge on any atom is -0.444 e. The molecule has 3 aromatic rings. The summed E-state index contributed by atoms with van der Waals surface area (Å²) < 4.78 is 64.6. The van der Waals surface area contributed by atoms with Gasteiger partial charge in [0.25, 0.3) is 10.1 Å². The quantitative estimate of drug-likeness (QED) is 0.356. The Morgan fingerprint density at radius 3 is 2.33 bits per heavy atom. The summed E-state index contributed by atoms with van der Waals surface area (Å²) in [4.78, 5) is 35.6. The Kier molecular flexibility index (Phi) is 9.45. The second kappa shape index (κ2) is 12.7. The van der Waals surface area contributed by atoms with E-state index >= 15 is 0 Å². The number of aromatic nitrogens is 2. The third kappa shape index (κ3) is 7.71. The molecule has 13 heteroatoms. The van der Waals surface area contributed by atoms with Crippen molar-refractivity contribution in [1.82, 2.24) is 20.2 Å². The van der Waals surface area contributed by atoms with Crippen LogP contribution >= 0.6 is 0 Å². The lowest BCUT2D eigenvalue weighted by Gasteiger charge is -2.31. The summed E-state index contributed by atoms with van der Waals surface area (Å²) in [6.45, 7) is 7.35. The number of likely N-dealkylation sites (tertiary alicyclic amines) is 1. The number of carbonyl (C=O) groups is 2. The lowest BCUT2D eigenvalue weighted by atomic mass is 10.0. The van der Waals surface area contributed by atoms with Gasteiger partial charge in [0, 0.05) is 36.5 Å². The van der Waals surface area contributed by atoms with Gasteiger partial charge >= 0.3 is 6.09 Å². The van der Waals surface area contributed by atoms with Crippen LogP contribution in [0.15, 0.2) is 59.8 Å². The largest absolute Gasteiger partial charge is 0.444 e. The molecule has 10 nitrogen and oxygen atoms in total. The number of aryl methyl sites for hydroxylation is 1. The summed E-state index contributed by atoms with van der Waals surface area (Å²) >= 11 is 0. The number of ether oxygens (including phenoxy) is 1. The normalized spacial score (nSPS) is 18.9. The topological polar surface area (TPSA) is 128 Å². The minimum absolute atomic E-state index is 0.0210. The first kappa shape index (κ1) is 32.0. The molecule has 0 spiro atoms. The molecule has 1 aliphatic heterocycles. The van der Waals surface area contributed by atoms with Crippen LogP contribution in [0.5, 0.6) is 0 Å². The fraction of sp³-hybridized carbons (Fsp3) is 0.400. The molecular formula is C30H34F2N4O6S. The maximum Gasteiger partial charge on any atom is 0.411 e. The molecule has 2 amide bonds. The molecule has 0 radical (unpaired) electrons. The van der Waals surface area contributed by atoms with Crippen LogP contribution in [-0.4, -0.2) is 59.1 Å². The van der Waals surface area contributed by atoms with Crippen LogP contribution in [0.2, 0.25) is 0 Å². The van der Waals surface area contributed by atoms with Crippen LogP contribution in [0.4, 0.5) is 13.6 Å². The summed E-state index contributed by atoms with van der Waals surface area (Å²) in [7, 11) is -4.21. The highest BCUT2D eigenvalue weighted by Crippen LogP contribution is 2.32. The van der Waals surface area contributed by atoms with Crippen molar-refractivity contribution in [3.8, 4) is 11.1 Å². The van der Waals surface area contributed by atoms with E-state index in [2.05, 4.69) is 15.3 Å². The van der Waals surface area contributed by atoms with E-state index in [0.717, 1.165) is 10.5 Å². The average molecular weight is 617 g/mol. The average Bonchev–Trinajstić information content (AvgIpc) is 3.27. The molecule has 1 aromatic heterocycles. The van der Waals surface area contributed by atoms with Crippen molar-refractivity contribution >= 4 is 22.1 Å². The Morgan fingerprint density at radius 1 is 1.07 bits per heavy atom. The number of amides is 2. The summed E-state index contributed by atoms with van der Waals surface area (Å²) in [6.07, 6.45) is 0.825. The molecule has 1 aliphatic rings. The summed E-state index contributed by atoms with van der Waals surface area (Å²) in [5, 5.41) is 2.65. The first-order valence-corrected chi connectivity index (χ1v) is 15.0. The molecule has 1 fully saturated rings. The number of alkyl halides is 1. The first-order chi connectivity index (χ1) is 20.2. The molecule has 0 aliphatic carbocycles. The number of hydrogen-bond donors (Lipinski definition) is 1. The Labute approximate surface area is 249 Å². The second-order valence-electron chi connectivity index (χ2n) is 11.3. The Bertz CT molecular complexity index is 1580. The van der Waals surface area contributed by atoms with Crippen molar-refractivity contribution in [2.75, 3.05) is 0 Å².